The predicted octanol–water partition coefficient (Wildman–Crippen LogP) is 4.12. The van der Waals surface area contributed by atoms with Crippen LogP contribution in [0.5, 0.6) is 0 Å². The van der Waals surface area contributed by atoms with Gasteiger partial charge in [0.15, 0.2) is 0 Å². The molecule has 0 heterocycles. The Morgan fingerprint density at radius 1 is 0.917 bits per heavy atom. The van der Waals surface area contributed by atoms with E-state index in [4.69, 9.17) is 4.74 Å². The second-order valence-corrected chi connectivity index (χ2v) is 4.19. The largest absolute Gasteiger partial charge is 0.375 e. The SMILES string of the molecule is C.C.CCOC(C)(C)C(C)(C)C. The van der Waals surface area contributed by atoms with Gasteiger partial charge < -0.3 is 4.74 Å². The highest BCUT2D eigenvalue weighted by Gasteiger charge is 2.32. The topological polar surface area (TPSA) is 9.23 Å². The van der Waals surface area contributed by atoms with Crippen molar-refractivity contribution in [2.75, 3.05) is 6.61 Å². The second-order valence-electron chi connectivity index (χ2n) is 4.19. The van der Waals surface area contributed by atoms with E-state index in [2.05, 4.69) is 34.6 Å². The standard InChI is InChI=1S/C9H20O.2CH4/c1-7-10-9(5,6)8(2,3)4;;/h7H2,1-6H3;2*1H4. The van der Waals surface area contributed by atoms with Gasteiger partial charge in [-0.15, -0.1) is 0 Å². The summed E-state index contributed by atoms with van der Waals surface area (Å²) in [5.41, 5.74) is 0.213. The Balaban J connectivity index is -0.000000405. The van der Waals surface area contributed by atoms with Crippen LogP contribution in [0.1, 0.15) is 56.4 Å². The van der Waals surface area contributed by atoms with Gasteiger partial charge in [0.2, 0.25) is 0 Å². The van der Waals surface area contributed by atoms with Crippen molar-refractivity contribution in [1.82, 2.24) is 0 Å². The van der Waals surface area contributed by atoms with Gasteiger partial charge in [0.1, 0.15) is 0 Å². The first-order valence-electron chi connectivity index (χ1n) is 3.95. The molecule has 78 valence electrons. The lowest BCUT2D eigenvalue weighted by molar-refractivity contribution is -0.0850. The zero-order chi connectivity index (χ0) is 8.41. The van der Waals surface area contributed by atoms with Gasteiger partial charge in [-0.3, -0.25) is 0 Å². The summed E-state index contributed by atoms with van der Waals surface area (Å²) in [6.07, 6.45) is 0. The molecule has 0 aliphatic carbocycles. The molecule has 0 aromatic rings. The number of ether oxygens (including phenoxy) is 1. The van der Waals surface area contributed by atoms with Crippen LogP contribution in [0, 0.1) is 5.41 Å². The molecule has 0 aromatic carbocycles. The van der Waals surface area contributed by atoms with Crippen molar-refractivity contribution < 1.29 is 4.74 Å². The van der Waals surface area contributed by atoms with Crippen molar-refractivity contribution in [2.45, 2.75) is 62.0 Å². The summed E-state index contributed by atoms with van der Waals surface area (Å²) in [5.74, 6) is 0. The van der Waals surface area contributed by atoms with Crippen LogP contribution < -0.4 is 0 Å². The third kappa shape index (κ3) is 4.76. The molecule has 0 amide bonds. The molecule has 0 unspecified atom stereocenters. The molecule has 0 fully saturated rings. The first-order chi connectivity index (χ1) is 4.31. The maximum atomic E-state index is 5.59. The Kier molecular flexibility index (Phi) is 8.32. The summed E-state index contributed by atoms with van der Waals surface area (Å²) < 4.78 is 5.59. The van der Waals surface area contributed by atoms with Crippen molar-refractivity contribution in [3.8, 4) is 0 Å². The van der Waals surface area contributed by atoms with Crippen molar-refractivity contribution in [1.29, 1.82) is 0 Å². The minimum atomic E-state index is -0.0122. The molecule has 0 bridgehead atoms. The van der Waals surface area contributed by atoms with Crippen LogP contribution in [0.4, 0.5) is 0 Å². The van der Waals surface area contributed by atoms with Gasteiger partial charge in [0, 0.05) is 6.61 Å². The molecule has 1 heteroatoms. The lowest BCUT2D eigenvalue weighted by Gasteiger charge is -2.38. The summed E-state index contributed by atoms with van der Waals surface area (Å²) in [6.45, 7) is 13.7. The van der Waals surface area contributed by atoms with Crippen LogP contribution in [-0.4, -0.2) is 12.2 Å². The van der Waals surface area contributed by atoms with E-state index >= 15 is 0 Å². The summed E-state index contributed by atoms with van der Waals surface area (Å²) in [5, 5.41) is 0. The van der Waals surface area contributed by atoms with Gasteiger partial charge in [-0.1, -0.05) is 35.6 Å². The van der Waals surface area contributed by atoms with E-state index in [0.29, 0.717) is 0 Å². The average molecular weight is 176 g/mol. The molecule has 0 aliphatic heterocycles. The zero-order valence-electron chi connectivity index (χ0n) is 8.12. The highest BCUT2D eigenvalue weighted by molar-refractivity contribution is 4.83. The molecular weight excluding hydrogens is 148 g/mol. The number of hydrogen-bond acceptors (Lipinski definition) is 1. The van der Waals surface area contributed by atoms with Crippen molar-refractivity contribution >= 4 is 0 Å². The maximum absolute atomic E-state index is 5.59. The van der Waals surface area contributed by atoms with E-state index in [9.17, 15) is 0 Å². The second kappa shape index (κ2) is 5.58. The molecule has 0 rings (SSSR count). The Hall–Kier alpha value is -0.0400. The third-order valence-corrected chi connectivity index (χ3v) is 2.31. The highest BCUT2D eigenvalue weighted by atomic mass is 16.5. The molecule has 0 aromatic heterocycles. The molecule has 0 saturated heterocycles. The van der Waals surface area contributed by atoms with Gasteiger partial charge in [-0.25, -0.2) is 0 Å². The Labute approximate surface area is 79.5 Å². The van der Waals surface area contributed by atoms with Crippen molar-refractivity contribution in [2.24, 2.45) is 5.41 Å². The Morgan fingerprint density at radius 3 is 1.33 bits per heavy atom. The van der Waals surface area contributed by atoms with Crippen LogP contribution in [0.3, 0.4) is 0 Å². The molecule has 0 atom stereocenters. The van der Waals surface area contributed by atoms with Crippen LogP contribution >= 0.6 is 0 Å². The third-order valence-electron chi connectivity index (χ3n) is 2.31. The molecule has 0 saturated carbocycles. The fraction of sp³-hybridized carbons (Fsp3) is 1.00. The molecule has 12 heavy (non-hydrogen) atoms. The normalized spacial score (nSPS) is 11.5. The van der Waals surface area contributed by atoms with Crippen LogP contribution in [-0.2, 0) is 4.74 Å². The number of hydrogen-bond donors (Lipinski definition) is 0. The first-order valence-corrected chi connectivity index (χ1v) is 3.95. The van der Waals surface area contributed by atoms with Crippen LogP contribution in [0.15, 0.2) is 0 Å². The van der Waals surface area contributed by atoms with E-state index in [0.717, 1.165) is 6.61 Å². The van der Waals surface area contributed by atoms with Crippen LogP contribution in [0.2, 0.25) is 0 Å². The Morgan fingerprint density at radius 2 is 1.25 bits per heavy atom. The van der Waals surface area contributed by atoms with Gasteiger partial charge in [0.05, 0.1) is 5.60 Å². The monoisotopic (exact) mass is 176 g/mol. The lowest BCUT2D eigenvalue weighted by atomic mass is 9.79. The van der Waals surface area contributed by atoms with Crippen molar-refractivity contribution in [3.05, 3.63) is 0 Å². The van der Waals surface area contributed by atoms with Crippen molar-refractivity contribution in [3.63, 3.8) is 0 Å². The maximum Gasteiger partial charge on any atom is 0.0674 e. The average Bonchev–Trinajstić information content (AvgIpc) is 1.61. The van der Waals surface area contributed by atoms with Gasteiger partial charge in [0.25, 0.3) is 0 Å². The van der Waals surface area contributed by atoms with Gasteiger partial charge in [-0.05, 0) is 26.2 Å². The quantitative estimate of drug-likeness (QED) is 0.615. The first kappa shape index (κ1) is 17.9. The van der Waals surface area contributed by atoms with E-state index in [1.807, 2.05) is 6.92 Å². The molecule has 0 aliphatic rings. The minimum Gasteiger partial charge on any atom is -0.375 e. The number of rotatable bonds is 2. The fourth-order valence-electron chi connectivity index (χ4n) is 0.577. The van der Waals surface area contributed by atoms with E-state index in [-0.39, 0.29) is 25.9 Å². The fourth-order valence-corrected chi connectivity index (χ4v) is 0.577. The molecule has 0 radical (unpaired) electrons. The Bertz CT molecular complexity index is 98.1. The summed E-state index contributed by atoms with van der Waals surface area (Å²) in [4.78, 5) is 0. The van der Waals surface area contributed by atoms with Gasteiger partial charge in [-0.2, -0.15) is 0 Å². The summed E-state index contributed by atoms with van der Waals surface area (Å²) in [6, 6.07) is 0. The zero-order valence-corrected chi connectivity index (χ0v) is 8.12. The highest BCUT2D eigenvalue weighted by Crippen LogP contribution is 2.32. The lowest BCUT2D eigenvalue weighted by Crippen LogP contribution is -2.39. The van der Waals surface area contributed by atoms with E-state index in [1.165, 1.54) is 0 Å². The molecule has 1 nitrogen and oxygen atoms in total. The smallest absolute Gasteiger partial charge is 0.0674 e. The van der Waals surface area contributed by atoms with Gasteiger partial charge >= 0.3 is 0 Å². The van der Waals surface area contributed by atoms with Crippen LogP contribution in [0.25, 0.3) is 0 Å². The summed E-state index contributed by atoms with van der Waals surface area (Å²) >= 11 is 0. The molecule has 0 N–H and O–H groups in total. The molecular formula is C11H28O. The van der Waals surface area contributed by atoms with E-state index in [1.54, 1.807) is 0 Å². The summed E-state index contributed by atoms with van der Waals surface area (Å²) in [7, 11) is 0. The minimum absolute atomic E-state index is 0. The van der Waals surface area contributed by atoms with E-state index < -0.39 is 0 Å². The predicted molar refractivity (Wildman–Crippen MR) is 58.6 cm³/mol. The molecule has 0 spiro atoms.